The predicted octanol–water partition coefficient (Wildman–Crippen LogP) is 3.48. The summed E-state index contributed by atoms with van der Waals surface area (Å²) in [7, 11) is 3.75. The lowest BCUT2D eigenvalue weighted by Gasteiger charge is -2.50. The first-order valence-electron chi connectivity index (χ1n) is 13.1. The zero-order chi connectivity index (χ0) is 25.9. The molecule has 0 saturated heterocycles. The molecule has 4 aliphatic rings. The van der Waals surface area contributed by atoms with Gasteiger partial charge in [0, 0.05) is 17.8 Å². The smallest absolute Gasteiger partial charge is 0.198 e. The number of fused-ring (bicyclic) bond motifs is 5. The van der Waals surface area contributed by atoms with Gasteiger partial charge in [-0.05, 0) is 87.4 Å². The van der Waals surface area contributed by atoms with E-state index in [0.29, 0.717) is 50.0 Å². The Morgan fingerprint density at radius 1 is 1.17 bits per heavy atom. The molecule has 0 amide bonds. The largest absolute Gasteiger partial charge is 0.393 e. The second-order valence-electron chi connectivity index (χ2n) is 11.5. The van der Waals surface area contributed by atoms with Crippen molar-refractivity contribution in [3.63, 3.8) is 0 Å². The van der Waals surface area contributed by atoms with Gasteiger partial charge in [0.1, 0.15) is 11.8 Å². The number of aromatic nitrogens is 2. The van der Waals surface area contributed by atoms with Crippen molar-refractivity contribution >= 4 is 22.6 Å². The molecule has 1 aromatic carbocycles. The lowest BCUT2D eigenvalue weighted by atomic mass is 9.57. The van der Waals surface area contributed by atoms with Crippen molar-refractivity contribution in [3.05, 3.63) is 41.5 Å². The van der Waals surface area contributed by atoms with Gasteiger partial charge in [0.05, 0.1) is 22.7 Å². The first-order valence-corrected chi connectivity index (χ1v) is 13.1. The maximum atomic E-state index is 16.2. The molecule has 0 spiro atoms. The Kier molecular flexibility index (Phi) is 6.31. The van der Waals surface area contributed by atoms with Gasteiger partial charge in [0.25, 0.3) is 0 Å². The number of aliphatic hydroxyl groups is 3. The van der Waals surface area contributed by atoms with E-state index < -0.39 is 23.5 Å². The molecule has 7 N–H and O–H groups in total. The van der Waals surface area contributed by atoms with Gasteiger partial charge in [-0.15, -0.1) is 0 Å². The van der Waals surface area contributed by atoms with Crippen LogP contribution in [0.15, 0.2) is 35.9 Å². The van der Waals surface area contributed by atoms with Crippen molar-refractivity contribution in [3.8, 4) is 0 Å². The van der Waals surface area contributed by atoms with Gasteiger partial charge in [0.15, 0.2) is 5.95 Å². The average molecular weight is 499 g/mol. The van der Waals surface area contributed by atoms with E-state index in [9.17, 15) is 15.3 Å². The van der Waals surface area contributed by atoms with Crippen molar-refractivity contribution in [1.29, 1.82) is 0 Å². The van der Waals surface area contributed by atoms with Crippen LogP contribution in [-0.4, -0.2) is 62.9 Å². The molecule has 2 saturated carbocycles. The number of hydrogen-bond donors (Lipinski definition) is 6. The number of nitrogens with zero attached hydrogens (tertiary/aromatic N) is 1. The van der Waals surface area contributed by atoms with Gasteiger partial charge >= 0.3 is 0 Å². The van der Waals surface area contributed by atoms with Crippen LogP contribution in [0.4, 0.5) is 10.3 Å². The minimum absolute atomic E-state index is 0.0645. The standard InChI is InChI=1S/C26H32FN3O3.C2H7N/c1-24-10-9-18-22(32)25(27)13-16(31)4-3-15(25)8-11-26(18,33)21(24)7-5-17(24)14-2-6-19-20(12-14)30-23(28)29-19;1-3-2/h2,5-6,9,12,15-16,21-22,31-33H,3-4,7-8,10-11,13H2,1H3,(H3,28,29,30);3H,1-2H3/t15?,16?,21?,22?,24?,25?,26-;/m1./s1. The Hall–Kier alpha value is -2.26. The van der Waals surface area contributed by atoms with Crippen LogP contribution in [-0.2, 0) is 0 Å². The van der Waals surface area contributed by atoms with Crippen LogP contribution in [0.2, 0.25) is 0 Å². The van der Waals surface area contributed by atoms with Crippen LogP contribution in [0.5, 0.6) is 0 Å². The van der Waals surface area contributed by atoms with Gasteiger partial charge in [-0.2, -0.15) is 0 Å². The van der Waals surface area contributed by atoms with Crippen molar-refractivity contribution in [2.45, 2.75) is 75.3 Å². The number of nitrogens with two attached hydrogens (primary N) is 1. The molecule has 0 radical (unpaired) electrons. The van der Waals surface area contributed by atoms with E-state index in [-0.39, 0.29) is 23.7 Å². The molecular formula is C28H39FN4O3. The minimum atomic E-state index is -1.89. The molecule has 7 atom stereocenters. The van der Waals surface area contributed by atoms with E-state index in [1.54, 1.807) is 0 Å². The van der Waals surface area contributed by atoms with E-state index in [4.69, 9.17) is 5.73 Å². The summed E-state index contributed by atoms with van der Waals surface area (Å²) in [4.78, 5) is 7.38. The molecule has 1 heterocycles. The molecule has 6 rings (SSSR count). The summed E-state index contributed by atoms with van der Waals surface area (Å²) < 4.78 is 16.2. The number of hydrogen-bond acceptors (Lipinski definition) is 6. The Morgan fingerprint density at radius 2 is 1.92 bits per heavy atom. The van der Waals surface area contributed by atoms with E-state index >= 15 is 4.39 Å². The molecule has 4 aliphatic carbocycles. The van der Waals surface area contributed by atoms with Crippen molar-refractivity contribution in [2.24, 2.45) is 17.3 Å². The fourth-order valence-electron chi connectivity index (χ4n) is 7.54. The third-order valence-corrected chi connectivity index (χ3v) is 9.27. The molecule has 36 heavy (non-hydrogen) atoms. The number of rotatable bonds is 1. The van der Waals surface area contributed by atoms with Gasteiger partial charge in [0.2, 0.25) is 0 Å². The van der Waals surface area contributed by atoms with E-state index in [2.05, 4.69) is 34.4 Å². The number of H-pyrrole nitrogens is 1. The molecular weight excluding hydrogens is 459 g/mol. The number of halogens is 1. The van der Waals surface area contributed by atoms with Gasteiger partial charge < -0.3 is 31.4 Å². The fraction of sp³-hybridized carbons (Fsp3) is 0.607. The second-order valence-corrected chi connectivity index (χ2v) is 11.5. The Balaban J connectivity index is 0.000000848. The Bertz CT molecular complexity index is 1210. The number of anilines is 1. The minimum Gasteiger partial charge on any atom is -0.393 e. The summed E-state index contributed by atoms with van der Waals surface area (Å²) in [5.74, 6) is -0.115. The number of nitrogen functional groups attached to an aromatic ring is 1. The summed E-state index contributed by atoms with van der Waals surface area (Å²) in [5.41, 5.74) is 6.66. The third kappa shape index (κ3) is 3.72. The molecule has 0 bridgehead atoms. The quantitative estimate of drug-likeness (QED) is 0.334. The van der Waals surface area contributed by atoms with Crippen LogP contribution in [0.3, 0.4) is 0 Å². The number of allylic oxidation sites excluding steroid dienone is 3. The lowest BCUT2D eigenvalue weighted by molar-refractivity contribution is -0.0963. The summed E-state index contributed by atoms with van der Waals surface area (Å²) >= 11 is 0. The molecule has 1 aromatic heterocycles. The molecule has 196 valence electrons. The number of nitrogens with one attached hydrogen (secondary N) is 2. The highest BCUT2D eigenvalue weighted by Crippen LogP contribution is 2.63. The third-order valence-electron chi connectivity index (χ3n) is 9.27. The maximum absolute atomic E-state index is 16.2. The summed E-state index contributed by atoms with van der Waals surface area (Å²) in [6, 6.07) is 6.04. The molecule has 2 fully saturated rings. The number of alkyl halides is 1. The highest BCUT2D eigenvalue weighted by Gasteiger charge is 2.62. The number of benzene rings is 1. The van der Waals surface area contributed by atoms with Gasteiger partial charge in [-0.3, -0.25) is 0 Å². The highest BCUT2D eigenvalue weighted by molar-refractivity contribution is 5.84. The Labute approximate surface area is 211 Å². The first-order chi connectivity index (χ1) is 17.1. The van der Waals surface area contributed by atoms with E-state index in [1.165, 1.54) is 0 Å². The number of aromatic amines is 1. The Morgan fingerprint density at radius 3 is 2.67 bits per heavy atom. The molecule has 6 unspecified atom stereocenters. The predicted molar refractivity (Wildman–Crippen MR) is 140 cm³/mol. The summed E-state index contributed by atoms with van der Waals surface area (Å²) in [6.07, 6.45) is 5.20. The SMILES string of the molecule is CC12CC=C3C(O)C4(F)CC(O)CCC4CC[C@]3(O)C1CC=C2c1ccc2nc(N)[nH]c2c1.CNC. The average Bonchev–Trinajstić information content (AvgIpc) is 3.35. The topological polar surface area (TPSA) is 127 Å². The summed E-state index contributed by atoms with van der Waals surface area (Å²) in [5, 5.41) is 36.3. The first kappa shape index (κ1) is 25.4. The van der Waals surface area contributed by atoms with Gasteiger partial charge in [-0.1, -0.05) is 25.1 Å². The van der Waals surface area contributed by atoms with Crippen molar-refractivity contribution < 1.29 is 19.7 Å². The fourth-order valence-corrected chi connectivity index (χ4v) is 7.54. The summed E-state index contributed by atoms with van der Waals surface area (Å²) in [6.45, 7) is 2.17. The molecule has 8 heteroatoms. The maximum Gasteiger partial charge on any atom is 0.198 e. The molecule has 0 aliphatic heterocycles. The molecule has 7 nitrogen and oxygen atoms in total. The zero-order valence-corrected chi connectivity index (χ0v) is 21.4. The van der Waals surface area contributed by atoms with Crippen molar-refractivity contribution in [1.82, 2.24) is 15.3 Å². The highest BCUT2D eigenvalue weighted by atomic mass is 19.1. The molecule has 2 aromatic rings. The van der Waals surface area contributed by atoms with Crippen molar-refractivity contribution in [2.75, 3.05) is 19.8 Å². The van der Waals surface area contributed by atoms with E-state index in [1.807, 2.05) is 32.3 Å². The van der Waals surface area contributed by atoms with Crippen LogP contribution in [0.25, 0.3) is 16.6 Å². The van der Waals surface area contributed by atoms with Crippen LogP contribution < -0.4 is 11.1 Å². The zero-order valence-electron chi connectivity index (χ0n) is 21.4. The second kappa shape index (κ2) is 8.94. The van der Waals surface area contributed by atoms with Crippen LogP contribution in [0.1, 0.15) is 57.4 Å². The van der Waals surface area contributed by atoms with Gasteiger partial charge in [-0.25, -0.2) is 9.37 Å². The van der Waals surface area contributed by atoms with Crippen LogP contribution in [0, 0.1) is 17.3 Å². The van der Waals surface area contributed by atoms with Crippen LogP contribution >= 0.6 is 0 Å². The van der Waals surface area contributed by atoms with E-state index in [0.717, 1.165) is 22.2 Å². The lowest BCUT2D eigenvalue weighted by Crippen LogP contribution is -2.55. The number of aliphatic hydroxyl groups excluding tert-OH is 2. The number of imidazole rings is 1. The normalized spacial score (nSPS) is 39.6. The monoisotopic (exact) mass is 498 g/mol.